The summed E-state index contributed by atoms with van der Waals surface area (Å²) in [6, 6.07) is 6.58. The van der Waals surface area contributed by atoms with Crippen LogP contribution >= 0.6 is 0 Å². The summed E-state index contributed by atoms with van der Waals surface area (Å²) in [7, 11) is 0. The van der Waals surface area contributed by atoms with Crippen molar-refractivity contribution in [3.8, 4) is 0 Å². The molecule has 0 aliphatic rings. The molecule has 0 amide bonds. The van der Waals surface area contributed by atoms with Crippen LogP contribution in [0, 0.1) is 0 Å². The van der Waals surface area contributed by atoms with Gasteiger partial charge in [-0.15, -0.1) is 0 Å². The van der Waals surface area contributed by atoms with Crippen LogP contribution in [0.3, 0.4) is 0 Å². The van der Waals surface area contributed by atoms with Crippen molar-refractivity contribution in [1.29, 1.82) is 0 Å². The fourth-order valence-corrected chi connectivity index (χ4v) is 1.09. The van der Waals surface area contributed by atoms with E-state index in [2.05, 4.69) is 10.2 Å². The fraction of sp³-hybridized carbons (Fsp3) is 0. The Morgan fingerprint density at radius 2 is 1.69 bits per heavy atom. The van der Waals surface area contributed by atoms with Crippen LogP contribution in [0.25, 0.3) is 10.8 Å². The first-order valence-electron chi connectivity index (χ1n) is 3.43. The van der Waals surface area contributed by atoms with E-state index < -0.39 is 5.56 Å². The molecule has 1 N–H and O–H groups in total. The van der Waals surface area contributed by atoms with Gasteiger partial charge in [-0.25, -0.2) is 0 Å². The van der Waals surface area contributed by atoms with Crippen LogP contribution in [0.1, 0.15) is 0 Å². The maximum atomic E-state index is 11.1. The minimum absolute atomic E-state index is 0. The SMILES string of the molecule is O=c1[n-][nH]c(=O)c2ccccc12.[Na+]. The molecule has 1 aromatic carbocycles. The first kappa shape index (κ1) is 10.2. The van der Waals surface area contributed by atoms with E-state index in [1.807, 2.05) is 0 Å². The van der Waals surface area contributed by atoms with E-state index in [9.17, 15) is 9.59 Å². The van der Waals surface area contributed by atoms with E-state index in [1.54, 1.807) is 24.3 Å². The van der Waals surface area contributed by atoms with Crippen LogP contribution in [-0.4, -0.2) is 5.10 Å². The van der Waals surface area contributed by atoms with Gasteiger partial charge in [-0.1, -0.05) is 18.2 Å². The Kier molecular flexibility index (Phi) is 3.08. The fourth-order valence-electron chi connectivity index (χ4n) is 1.09. The van der Waals surface area contributed by atoms with Crippen molar-refractivity contribution in [2.24, 2.45) is 0 Å². The molecule has 13 heavy (non-hydrogen) atoms. The van der Waals surface area contributed by atoms with Crippen molar-refractivity contribution in [3.05, 3.63) is 45.0 Å². The molecular formula is C8H5N2NaO2. The summed E-state index contributed by atoms with van der Waals surface area (Å²) in [6.07, 6.45) is 0. The third-order valence-corrected chi connectivity index (χ3v) is 1.66. The molecule has 1 heterocycles. The second kappa shape index (κ2) is 3.91. The van der Waals surface area contributed by atoms with Gasteiger partial charge in [0.25, 0.3) is 0 Å². The Balaban J connectivity index is 0.000000845. The van der Waals surface area contributed by atoms with Gasteiger partial charge in [0.1, 0.15) is 0 Å². The second-order valence-electron chi connectivity index (χ2n) is 2.40. The molecule has 0 aliphatic heterocycles. The number of fused-ring (bicyclic) bond motifs is 1. The van der Waals surface area contributed by atoms with E-state index >= 15 is 0 Å². The average Bonchev–Trinajstić information content (AvgIpc) is 2.12. The molecule has 0 saturated heterocycles. The molecule has 2 aromatic rings. The number of rotatable bonds is 0. The summed E-state index contributed by atoms with van der Waals surface area (Å²) in [5.41, 5.74) is -0.726. The molecule has 4 nitrogen and oxygen atoms in total. The minimum atomic E-state index is -0.398. The standard InChI is InChI=1S/C8H6N2O2.Na/c11-7-5-3-1-2-4-6(5)8(12)10-9-7;/h1-4H,(H2,9,10,11,12);/q;+1/p-1. The van der Waals surface area contributed by atoms with Gasteiger partial charge < -0.3 is 15.0 Å². The number of hydrogen-bond acceptors (Lipinski definition) is 2. The molecule has 0 aliphatic carbocycles. The van der Waals surface area contributed by atoms with Crippen molar-refractivity contribution in [1.82, 2.24) is 10.2 Å². The number of hydrogen-bond donors (Lipinski definition) is 1. The van der Waals surface area contributed by atoms with E-state index in [0.29, 0.717) is 10.8 Å². The smallest absolute Gasteiger partial charge is 0.560 e. The largest absolute Gasteiger partial charge is 1.00 e. The van der Waals surface area contributed by atoms with E-state index in [4.69, 9.17) is 0 Å². The first-order valence-corrected chi connectivity index (χ1v) is 3.43. The zero-order valence-electron chi connectivity index (χ0n) is 7.07. The number of aromatic amines is 1. The number of benzene rings is 1. The minimum Gasteiger partial charge on any atom is -0.560 e. The summed E-state index contributed by atoms with van der Waals surface area (Å²) in [5, 5.41) is 6.19. The quantitative estimate of drug-likeness (QED) is 0.440. The van der Waals surface area contributed by atoms with Crippen LogP contribution in [0.4, 0.5) is 0 Å². The zero-order chi connectivity index (χ0) is 8.55. The zero-order valence-corrected chi connectivity index (χ0v) is 9.07. The summed E-state index contributed by atoms with van der Waals surface area (Å²) in [6.45, 7) is 0. The first-order chi connectivity index (χ1) is 5.79. The predicted molar refractivity (Wildman–Crippen MR) is 44.2 cm³/mol. The topological polar surface area (TPSA) is 64.0 Å². The molecule has 60 valence electrons. The molecule has 2 rings (SSSR count). The number of H-pyrrole nitrogens is 1. The average molecular weight is 184 g/mol. The molecule has 0 bridgehead atoms. The number of nitrogens with zero attached hydrogens (tertiary/aromatic N) is 1. The maximum Gasteiger partial charge on any atom is 1.00 e. The number of nitrogens with one attached hydrogen (secondary N) is 1. The Morgan fingerprint density at radius 1 is 1.08 bits per heavy atom. The molecule has 1 aromatic heterocycles. The van der Waals surface area contributed by atoms with Gasteiger partial charge in [-0.2, -0.15) is 0 Å². The third kappa shape index (κ3) is 1.75. The summed E-state index contributed by atoms with van der Waals surface area (Å²) in [4.78, 5) is 22.1. The van der Waals surface area contributed by atoms with Crippen molar-refractivity contribution in [3.63, 3.8) is 0 Å². The molecule has 0 unspecified atom stereocenters. The molecule has 0 spiro atoms. The molecule has 0 fully saturated rings. The molecule has 5 heteroatoms. The van der Waals surface area contributed by atoms with Gasteiger partial charge in [-0.3, -0.25) is 4.79 Å². The van der Waals surface area contributed by atoms with E-state index in [1.165, 1.54) is 0 Å². The van der Waals surface area contributed by atoms with Crippen LogP contribution in [0.2, 0.25) is 0 Å². The van der Waals surface area contributed by atoms with Crippen LogP contribution in [0.15, 0.2) is 33.9 Å². The summed E-state index contributed by atoms with van der Waals surface area (Å²) >= 11 is 0. The van der Waals surface area contributed by atoms with Crippen molar-refractivity contribution in [2.45, 2.75) is 0 Å². The predicted octanol–water partition coefficient (Wildman–Crippen LogP) is -3.15. The normalized spacial score (nSPS) is 9.54. The molecule has 0 saturated carbocycles. The van der Waals surface area contributed by atoms with Gasteiger partial charge >= 0.3 is 29.6 Å². The Morgan fingerprint density at radius 3 is 2.31 bits per heavy atom. The van der Waals surface area contributed by atoms with Gasteiger partial charge in [0, 0.05) is 10.8 Å². The van der Waals surface area contributed by atoms with Crippen LogP contribution in [0.5, 0.6) is 0 Å². The molecular weight excluding hydrogens is 179 g/mol. The molecule has 0 radical (unpaired) electrons. The Hall–Kier alpha value is -0.840. The number of aromatic nitrogens is 2. The third-order valence-electron chi connectivity index (χ3n) is 1.66. The van der Waals surface area contributed by atoms with Crippen LogP contribution in [-0.2, 0) is 0 Å². The molecule has 0 atom stereocenters. The Labute approximate surface area is 95.3 Å². The maximum absolute atomic E-state index is 11.1. The summed E-state index contributed by atoms with van der Waals surface area (Å²) in [5.74, 6) is 0. The Bertz CT molecular complexity index is 481. The monoisotopic (exact) mass is 184 g/mol. The van der Waals surface area contributed by atoms with Gasteiger partial charge in [0.2, 0.25) is 5.56 Å². The van der Waals surface area contributed by atoms with Crippen molar-refractivity contribution in [2.75, 3.05) is 0 Å². The van der Waals surface area contributed by atoms with Gasteiger partial charge in [0.15, 0.2) is 0 Å². The van der Waals surface area contributed by atoms with Crippen molar-refractivity contribution < 1.29 is 29.6 Å². The van der Waals surface area contributed by atoms with Gasteiger partial charge in [-0.05, 0) is 6.07 Å². The van der Waals surface area contributed by atoms with Gasteiger partial charge in [0.05, 0.1) is 5.56 Å². The van der Waals surface area contributed by atoms with Crippen molar-refractivity contribution >= 4 is 10.8 Å². The summed E-state index contributed by atoms with van der Waals surface area (Å²) < 4.78 is 0. The van der Waals surface area contributed by atoms with E-state index in [-0.39, 0.29) is 35.1 Å². The van der Waals surface area contributed by atoms with E-state index in [0.717, 1.165) is 0 Å². The second-order valence-corrected chi connectivity index (χ2v) is 2.40. The van der Waals surface area contributed by atoms with Crippen LogP contribution < -0.4 is 45.8 Å².